The zero-order valence-corrected chi connectivity index (χ0v) is 12.1. The van der Waals surface area contributed by atoms with Gasteiger partial charge in [0, 0.05) is 12.2 Å². The van der Waals surface area contributed by atoms with Crippen LogP contribution < -0.4 is 10.6 Å². The van der Waals surface area contributed by atoms with Crippen LogP contribution >= 0.6 is 0 Å². The summed E-state index contributed by atoms with van der Waals surface area (Å²) in [6, 6.07) is 5.39. The van der Waals surface area contributed by atoms with Crippen molar-refractivity contribution in [3.05, 3.63) is 52.1 Å². The third-order valence-electron chi connectivity index (χ3n) is 3.83. The summed E-state index contributed by atoms with van der Waals surface area (Å²) in [5.41, 5.74) is 4.15. The first-order valence-corrected chi connectivity index (χ1v) is 7.05. The molecule has 1 amide bonds. The maximum absolute atomic E-state index is 14.5. The zero-order valence-electron chi connectivity index (χ0n) is 12.1. The lowest BCUT2D eigenvalue weighted by molar-refractivity contribution is 0.102. The third kappa shape index (κ3) is 2.56. The third-order valence-corrected chi connectivity index (χ3v) is 3.83. The molecule has 2 heterocycles. The summed E-state index contributed by atoms with van der Waals surface area (Å²) in [5, 5.41) is 5.87. The van der Waals surface area contributed by atoms with Crippen LogP contribution in [0.4, 0.5) is 10.1 Å². The van der Waals surface area contributed by atoms with E-state index in [0.29, 0.717) is 24.2 Å². The van der Waals surface area contributed by atoms with Gasteiger partial charge in [0.2, 0.25) is 0 Å². The van der Waals surface area contributed by atoms with Crippen molar-refractivity contribution in [3.8, 4) is 0 Å². The van der Waals surface area contributed by atoms with Crippen LogP contribution in [-0.4, -0.2) is 17.4 Å². The molecule has 0 bridgehead atoms. The molecule has 0 fully saturated rings. The number of aryl methyl sites for hydroxylation is 2. The standard InChI is InChI=1S/C16H18FN3O/c1-9-7-10(2)19-15(9)16(21)20-13-4-3-11-8-18-6-5-12(11)14(13)17/h3-4,7,18-19H,5-6,8H2,1-2H3,(H,20,21). The molecule has 0 aliphatic carbocycles. The largest absolute Gasteiger partial charge is 0.354 e. The molecule has 110 valence electrons. The minimum Gasteiger partial charge on any atom is -0.354 e. The molecule has 3 rings (SSSR count). The number of hydrogen-bond acceptors (Lipinski definition) is 2. The van der Waals surface area contributed by atoms with Gasteiger partial charge in [0.05, 0.1) is 5.69 Å². The molecule has 0 atom stereocenters. The average Bonchev–Trinajstić information content (AvgIpc) is 2.81. The van der Waals surface area contributed by atoms with Gasteiger partial charge in [-0.1, -0.05) is 6.07 Å². The molecular weight excluding hydrogens is 269 g/mol. The summed E-state index contributed by atoms with van der Waals surface area (Å²) < 4.78 is 14.5. The molecule has 0 spiro atoms. The number of benzene rings is 1. The van der Waals surface area contributed by atoms with Gasteiger partial charge in [-0.25, -0.2) is 4.39 Å². The number of anilines is 1. The Labute approximate surface area is 122 Å². The second kappa shape index (κ2) is 5.33. The van der Waals surface area contributed by atoms with Gasteiger partial charge >= 0.3 is 0 Å². The summed E-state index contributed by atoms with van der Waals surface area (Å²) in [4.78, 5) is 15.2. The molecule has 5 heteroatoms. The number of hydrogen-bond donors (Lipinski definition) is 3. The van der Waals surface area contributed by atoms with Crippen molar-refractivity contribution in [3.63, 3.8) is 0 Å². The second-order valence-electron chi connectivity index (χ2n) is 5.46. The number of rotatable bonds is 2. The number of carbonyl (C=O) groups excluding carboxylic acids is 1. The van der Waals surface area contributed by atoms with E-state index in [-0.39, 0.29) is 17.4 Å². The monoisotopic (exact) mass is 287 g/mol. The lowest BCUT2D eigenvalue weighted by Crippen LogP contribution is -2.25. The van der Waals surface area contributed by atoms with Gasteiger partial charge < -0.3 is 15.6 Å². The molecule has 1 aliphatic heterocycles. The van der Waals surface area contributed by atoms with E-state index in [4.69, 9.17) is 0 Å². The average molecular weight is 287 g/mol. The first kappa shape index (κ1) is 13.8. The lowest BCUT2D eigenvalue weighted by atomic mass is 9.99. The minimum atomic E-state index is -0.316. The Hall–Kier alpha value is -2.14. The molecule has 0 unspecified atom stereocenters. The van der Waals surface area contributed by atoms with Crippen LogP contribution in [0.25, 0.3) is 0 Å². The van der Waals surface area contributed by atoms with Crippen LogP contribution in [0.2, 0.25) is 0 Å². The van der Waals surface area contributed by atoms with Crippen molar-refractivity contribution in [2.45, 2.75) is 26.8 Å². The molecule has 4 nitrogen and oxygen atoms in total. The van der Waals surface area contributed by atoms with Gasteiger partial charge in [-0.15, -0.1) is 0 Å². The van der Waals surface area contributed by atoms with E-state index in [1.807, 2.05) is 26.0 Å². The molecule has 3 N–H and O–H groups in total. The van der Waals surface area contributed by atoms with Crippen LogP contribution in [0.3, 0.4) is 0 Å². The first-order valence-electron chi connectivity index (χ1n) is 7.05. The van der Waals surface area contributed by atoms with Crippen molar-refractivity contribution in [2.24, 2.45) is 0 Å². The predicted octanol–water partition coefficient (Wildman–Crippen LogP) is 2.67. The lowest BCUT2D eigenvalue weighted by Gasteiger charge is -2.19. The highest BCUT2D eigenvalue weighted by atomic mass is 19.1. The second-order valence-corrected chi connectivity index (χ2v) is 5.46. The number of H-pyrrole nitrogens is 1. The number of amides is 1. The fourth-order valence-corrected chi connectivity index (χ4v) is 2.78. The van der Waals surface area contributed by atoms with Crippen molar-refractivity contribution in [1.82, 2.24) is 10.3 Å². The fraction of sp³-hybridized carbons (Fsp3) is 0.312. The number of carbonyl (C=O) groups is 1. The molecule has 1 aliphatic rings. The minimum absolute atomic E-state index is 0.243. The summed E-state index contributed by atoms with van der Waals surface area (Å²) >= 11 is 0. The fourth-order valence-electron chi connectivity index (χ4n) is 2.78. The number of aromatic amines is 1. The van der Waals surface area contributed by atoms with E-state index in [0.717, 1.165) is 23.4 Å². The zero-order chi connectivity index (χ0) is 15.0. The SMILES string of the molecule is Cc1cc(C)c(C(=O)Nc2ccc3c(c2F)CCNC3)[nH]1. The molecule has 0 radical (unpaired) electrons. The number of aromatic nitrogens is 1. The van der Waals surface area contributed by atoms with Gasteiger partial charge in [0.15, 0.2) is 0 Å². The first-order chi connectivity index (χ1) is 10.1. The Bertz CT molecular complexity index is 706. The van der Waals surface area contributed by atoms with Crippen molar-refractivity contribution >= 4 is 11.6 Å². The Morgan fingerprint density at radius 2 is 2.14 bits per heavy atom. The van der Waals surface area contributed by atoms with Crippen molar-refractivity contribution in [1.29, 1.82) is 0 Å². The summed E-state index contributed by atoms with van der Waals surface area (Å²) in [6.45, 7) is 5.18. The highest BCUT2D eigenvalue weighted by Crippen LogP contribution is 2.25. The molecule has 0 saturated carbocycles. The number of halogens is 1. The van der Waals surface area contributed by atoms with Crippen LogP contribution in [0.15, 0.2) is 18.2 Å². The van der Waals surface area contributed by atoms with Gasteiger partial charge in [-0.05, 0) is 55.6 Å². The quantitative estimate of drug-likeness (QED) is 0.795. The van der Waals surface area contributed by atoms with Crippen molar-refractivity contribution in [2.75, 3.05) is 11.9 Å². The Kier molecular flexibility index (Phi) is 3.51. The van der Waals surface area contributed by atoms with E-state index in [9.17, 15) is 9.18 Å². The predicted molar refractivity (Wildman–Crippen MR) is 80.0 cm³/mol. The Balaban J connectivity index is 1.88. The van der Waals surface area contributed by atoms with Gasteiger partial charge in [-0.3, -0.25) is 4.79 Å². The molecule has 0 saturated heterocycles. The summed E-state index contributed by atoms with van der Waals surface area (Å²) in [6.07, 6.45) is 0.644. The maximum atomic E-state index is 14.5. The van der Waals surface area contributed by atoms with Gasteiger partial charge in [-0.2, -0.15) is 0 Å². The number of fused-ring (bicyclic) bond motifs is 1. The Morgan fingerprint density at radius 1 is 1.33 bits per heavy atom. The van der Waals surface area contributed by atoms with Crippen molar-refractivity contribution < 1.29 is 9.18 Å². The van der Waals surface area contributed by atoms with E-state index in [1.54, 1.807) is 6.07 Å². The van der Waals surface area contributed by atoms with E-state index < -0.39 is 0 Å². The summed E-state index contributed by atoms with van der Waals surface area (Å²) in [5.74, 6) is -0.628. The van der Waals surface area contributed by atoms with Gasteiger partial charge in [0.1, 0.15) is 11.5 Å². The highest BCUT2D eigenvalue weighted by molar-refractivity contribution is 6.04. The summed E-state index contributed by atoms with van der Waals surface area (Å²) in [7, 11) is 0. The smallest absolute Gasteiger partial charge is 0.272 e. The van der Waals surface area contributed by atoms with Gasteiger partial charge in [0.25, 0.3) is 5.91 Å². The van der Waals surface area contributed by atoms with Crippen LogP contribution in [-0.2, 0) is 13.0 Å². The van der Waals surface area contributed by atoms with Crippen LogP contribution in [0.5, 0.6) is 0 Å². The molecule has 1 aromatic carbocycles. The Morgan fingerprint density at radius 3 is 2.86 bits per heavy atom. The molecule has 1 aromatic heterocycles. The maximum Gasteiger partial charge on any atom is 0.272 e. The van der Waals surface area contributed by atoms with Crippen LogP contribution in [0.1, 0.15) is 32.9 Å². The highest BCUT2D eigenvalue weighted by Gasteiger charge is 2.19. The molecule has 21 heavy (non-hydrogen) atoms. The van der Waals surface area contributed by atoms with E-state index in [1.165, 1.54) is 0 Å². The van der Waals surface area contributed by atoms with Crippen LogP contribution in [0, 0.1) is 19.7 Å². The number of nitrogens with one attached hydrogen (secondary N) is 3. The van der Waals surface area contributed by atoms with E-state index >= 15 is 0 Å². The molecule has 2 aromatic rings. The molecular formula is C16H18FN3O. The topological polar surface area (TPSA) is 56.9 Å². The van der Waals surface area contributed by atoms with E-state index in [2.05, 4.69) is 15.6 Å². The normalized spacial score (nSPS) is 13.9.